The van der Waals surface area contributed by atoms with Crippen molar-refractivity contribution in [3.63, 3.8) is 0 Å². The summed E-state index contributed by atoms with van der Waals surface area (Å²) in [5.41, 5.74) is 4.39. The van der Waals surface area contributed by atoms with Crippen LogP contribution in [0.5, 0.6) is 0 Å². The zero-order valence-electron chi connectivity index (χ0n) is 15.9. The van der Waals surface area contributed by atoms with E-state index in [1.807, 2.05) is 39.9 Å². The van der Waals surface area contributed by atoms with Gasteiger partial charge in [0.15, 0.2) is 5.76 Å². The molecule has 5 rings (SSSR count). The van der Waals surface area contributed by atoms with Gasteiger partial charge >= 0.3 is 0 Å². The van der Waals surface area contributed by atoms with Crippen molar-refractivity contribution >= 4 is 5.91 Å². The molecular weight excluding hydrogens is 366 g/mol. The Balaban J connectivity index is 1.30. The fourth-order valence-electron chi connectivity index (χ4n) is 3.81. The number of imidazole rings is 1. The number of amides is 1. The number of carbonyl (C=O) groups excluding carboxylic acids is 1. The van der Waals surface area contributed by atoms with Crippen molar-refractivity contribution in [1.82, 2.24) is 24.6 Å². The topological polar surface area (TPSA) is 80.0 Å². The van der Waals surface area contributed by atoms with Crippen LogP contribution in [0.25, 0.3) is 11.3 Å². The van der Waals surface area contributed by atoms with Crippen LogP contribution in [-0.2, 0) is 19.4 Å². The van der Waals surface area contributed by atoms with Crippen molar-refractivity contribution in [3.05, 3.63) is 84.0 Å². The van der Waals surface area contributed by atoms with E-state index in [2.05, 4.69) is 27.3 Å². The van der Waals surface area contributed by atoms with Crippen LogP contribution < -0.4 is 0 Å². The third kappa shape index (κ3) is 3.47. The van der Waals surface area contributed by atoms with Crippen LogP contribution in [-0.4, -0.2) is 43.6 Å². The summed E-state index contributed by atoms with van der Waals surface area (Å²) in [5, 5.41) is 7.69. The van der Waals surface area contributed by atoms with E-state index in [1.54, 1.807) is 18.6 Å². The largest absolute Gasteiger partial charge is 0.454 e. The maximum absolute atomic E-state index is 13.0. The first-order valence-electron chi connectivity index (χ1n) is 9.73. The summed E-state index contributed by atoms with van der Waals surface area (Å²) in [6, 6.07) is 13.8. The van der Waals surface area contributed by atoms with Gasteiger partial charge in [0.1, 0.15) is 5.76 Å². The SMILES string of the molecule is O=C(c1ccc(Cn2ccnc2)o1)N1CCc2[nH]nc(-c3ccccc3)c2CC1. The Kier molecular flexibility index (Phi) is 4.48. The van der Waals surface area contributed by atoms with Crippen molar-refractivity contribution in [1.29, 1.82) is 0 Å². The highest BCUT2D eigenvalue weighted by molar-refractivity contribution is 5.91. The van der Waals surface area contributed by atoms with Gasteiger partial charge in [-0.2, -0.15) is 5.10 Å². The molecule has 0 aliphatic carbocycles. The van der Waals surface area contributed by atoms with Gasteiger partial charge in [0, 0.05) is 48.7 Å². The van der Waals surface area contributed by atoms with Crippen LogP contribution in [0.4, 0.5) is 0 Å². The van der Waals surface area contributed by atoms with Gasteiger partial charge in [0.2, 0.25) is 0 Å². The number of aromatic nitrogens is 4. The third-order valence-electron chi connectivity index (χ3n) is 5.32. The van der Waals surface area contributed by atoms with E-state index in [4.69, 9.17) is 4.42 Å². The molecule has 0 atom stereocenters. The van der Waals surface area contributed by atoms with E-state index in [1.165, 1.54) is 5.56 Å². The Morgan fingerprint density at radius 1 is 1.10 bits per heavy atom. The van der Waals surface area contributed by atoms with E-state index in [9.17, 15) is 4.79 Å². The molecular formula is C22H21N5O2. The Morgan fingerprint density at radius 2 is 1.97 bits per heavy atom. The second-order valence-electron chi connectivity index (χ2n) is 7.19. The molecule has 1 aliphatic heterocycles. The number of H-pyrrole nitrogens is 1. The van der Waals surface area contributed by atoms with Gasteiger partial charge in [-0.15, -0.1) is 0 Å². The van der Waals surface area contributed by atoms with E-state index in [0.29, 0.717) is 25.4 Å². The summed E-state index contributed by atoms with van der Waals surface area (Å²) < 4.78 is 7.71. The molecule has 7 nitrogen and oxygen atoms in total. The number of hydrogen-bond donors (Lipinski definition) is 1. The van der Waals surface area contributed by atoms with Crippen molar-refractivity contribution < 1.29 is 9.21 Å². The maximum Gasteiger partial charge on any atom is 0.289 e. The van der Waals surface area contributed by atoms with Crippen molar-refractivity contribution in [2.45, 2.75) is 19.4 Å². The summed E-state index contributed by atoms with van der Waals surface area (Å²) in [5.74, 6) is 1.05. The van der Waals surface area contributed by atoms with Gasteiger partial charge in [0.05, 0.1) is 18.6 Å². The van der Waals surface area contributed by atoms with E-state index in [-0.39, 0.29) is 5.91 Å². The minimum Gasteiger partial charge on any atom is -0.454 e. The van der Waals surface area contributed by atoms with E-state index < -0.39 is 0 Å². The fourth-order valence-corrected chi connectivity index (χ4v) is 3.81. The number of rotatable bonds is 4. The lowest BCUT2D eigenvalue weighted by Gasteiger charge is -2.18. The first-order valence-corrected chi connectivity index (χ1v) is 9.73. The zero-order valence-corrected chi connectivity index (χ0v) is 15.9. The second-order valence-corrected chi connectivity index (χ2v) is 7.19. The number of fused-ring (bicyclic) bond motifs is 1. The molecule has 0 saturated carbocycles. The van der Waals surface area contributed by atoms with Crippen LogP contribution in [0.3, 0.4) is 0 Å². The molecule has 0 saturated heterocycles. The molecule has 4 heterocycles. The third-order valence-corrected chi connectivity index (χ3v) is 5.32. The standard InChI is InChI=1S/C22H21N5O2/c28-22(20-7-6-17(29-20)14-26-13-10-23-15-26)27-11-8-18-19(9-12-27)24-25-21(18)16-4-2-1-3-5-16/h1-7,10,13,15H,8-9,11-12,14H2,(H,24,25). The highest BCUT2D eigenvalue weighted by Gasteiger charge is 2.25. The molecule has 7 heteroatoms. The van der Waals surface area contributed by atoms with Gasteiger partial charge in [-0.05, 0) is 18.6 Å². The Hall–Kier alpha value is -3.61. The molecule has 29 heavy (non-hydrogen) atoms. The number of aromatic amines is 1. The van der Waals surface area contributed by atoms with Crippen LogP contribution in [0.15, 0.2) is 65.6 Å². The van der Waals surface area contributed by atoms with Crippen molar-refractivity contribution in [2.24, 2.45) is 0 Å². The second kappa shape index (κ2) is 7.43. The van der Waals surface area contributed by atoms with Crippen LogP contribution in [0.1, 0.15) is 27.6 Å². The highest BCUT2D eigenvalue weighted by Crippen LogP contribution is 2.27. The molecule has 1 N–H and O–H groups in total. The fraction of sp³-hybridized carbons (Fsp3) is 0.227. The van der Waals surface area contributed by atoms with Gasteiger partial charge in [-0.1, -0.05) is 30.3 Å². The zero-order chi connectivity index (χ0) is 19.6. The smallest absolute Gasteiger partial charge is 0.289 e. The molecule has 0 fully saturated rings. The average Bonchev–Trinajstić information content (AvgIpc) is 3.49. The number of nitrogens with zero attached hydrogens (tertiary/aromatic N) is 4. The van der Waals surface area contributed by atoms with E-state index >= 15 is 0 Å². The number of nitrogens with one attached hydrogen (secondary N) is 1. The monoisotopic (exact) mass is 387 g/mol. The molecule has 0 bridgehead atoms. The molecule has 3 aromatic heterocycles. The summed E-state index contributed by atoms with van der Waals surface area (Å²) in [6.45, 7) is 1.84. The summed E-state index contributed by atoms with van der Waals surface area (Å²) >= 11 is 0. The number of hydrogen-bond acceptors (Lipinski definition) is 4. The minimum atomic E-state index is -0.0683. The molecule has 4 aromatic rings. The Bertz CT molecular complexity index is 1110. The van der Waals surface area contributed by atoms with Gasteiger partial charge < -0.3 is 13.9 Å². The van der Waals surface area contributed by atoms with Gasteiger partial charge in [-0.3, -0.25) is 9.89 Å². The lowest BCUT2D eigenvalue weighted by Crippen LogP contribution is -2.33. The molecule has 1 aromatic carbocycles. The summed E-state index contributed by atoms with van der Waals surface area (Å²) in [6.07, 6.45) is 6.84. The Labute approximate surface area is 168 Å². The molecule has 0 spiro atoms. The minimum absolute atomic E-state index is 0.0683. The lowest BCUT2D eigenvalue weighted by atomic mass is 10.0. The van der Waals surface area contributed by atoms with Crippen molar-refractivity contribution in [2.75, 3.05) is 13.1 Å². The highest BCUT2D eigenvalue weighted by atomic mass is 16.4. The maximum atomic E-state index is 13.0. The first kappa shape index (κ1) is 17.5. The van der Waals surface area contributed by atoms with Crippen molar-refractivity contribution in [3.8, 4) is 11.3 Å². The average molecular weight is 387 g/mol. The van der Waals surface area contributed by atoms with Gasteiger partial charge in [0.25, 0.3) is 5.91 Å². The first-order chi connectivity index (χ1) is 14.3. The molecule has 1 amide bonds. The van der Waals surface area contributed by atoms with Crippen LogP contribution in [0, 0.1) is 0 Å². The molecule has 0 unspecified atom stereocenters. The van der Waals surface area contributed by atoms with Crippen LogP contribution in [0.2, 0.25) is 0 Å². The normalized spacial score (nSPS) is 13.9. The molecule has 1 aliphatic rings. The number of carbonyl (C=O) groups is 1. The quantitative estimate of drug-likeness (QED) is 0.583. The number of benzene rings is 1. The summed E-state index contributed by atoms with van der Waals surface area (Å²) in [4.78, 5) is 18.9. The van der Waals surface area contributed by atoms with Gasteiger partial charge in [-0.25, -0.2) is 4.98 Å². The van der Waals surface area contributed by atoms with Crippen LogP contribution >= 0.6 is 0 Å². The molecule has 146 valence electrons. The Morgan fingerprint density at radius 3 is 2.79 bits per heavy atom. The predicted octanol–water partition coefficient (Wildman–Crippen LogP) is 3.16. The number of furan rings is 1. The van der Waals surface area contributed by atoms with E-state index in [0.717, 1.165) is 35.6 Å². The lowest BCUT2D eigenvalue weighted by molar-refractivity contribution is 0.0728. The molecule has 0 radical (unpaired) electrons. The summed E-state index contributed by atoms with van der Waals surface area (Å²) in [7, 11) is 0. The predicted molar refractivity (Wildman–Crippen MR) is 107 cm³/mol.